The van der Waals surface area contributed by atoms with Gasteiger partial charge in [-0.05, 0) is 37.5 Å². The van der Waals surface area contributed by atoms with E-state index in [0.29, 0.717) is 5.03 Å². The highest BCUT2D eigenvalue weighted by molar-refractivity contribution is 6.32. The summed E-state index contributed by atoms with van der Waals surface area (Å²) in [7, 11) is 1.89. The van der Waals surface area contributed by atoms with Crippen LogP contribution >= 0.6 is 11.6 Å². The summed E-state index contributed by atoms with van der Waals surface area (Å²) in [6.07, 6.45) is 1.74. The van der Waals surface area contributed by atoms with E-state index in [0.717, 1.165) is 42.9 Å². The zero-order chi connectivity index (χ0) is 22.0. The second-order valence-electron chi connectivity index (χ2n) is 8.30. The van der Waals surface area contributed by atoms with Crippen molar-refractivity contribution in [1.29, 1.82) is 5.26 Å². The van der Waals surface area contributed by atoms with Crippen molar-refractivity contribution in [3.63, 3.8) is 0 Å². The number of hydrogen-bond acceptors (Lipinski definition) is 4. The fourth-order valence-electron chi connectivity index (χ4n) is 4.82. The fraction of sp³-hybridized carbons (Fsp3) is 0.360. The van der Waals surface area contributed by atoms with Gasteiger partial charge in [-0.1, -0.05) is 60.1 Å². The van der Waals surface area contributed by atoms with Crippen LogP contribution in [0.2, 0.25) is 0 Å². The first-order chi connectivity index (χ1) is 15.0. The number of carbonyl (C=O) groups excluding carboxylic acids is 1. The van der Waals surface area contributed by atoms with Gasteiger partial charge in [0.05, 0.1) is 34.3 Å². The van der Waals surface area contributed by atoms with E-state index in [1.54, 1.807) is 5.01 Å². The third-order valence-electron chi connectivity index (χ3n) is 6.61. The molecule has 0 aliphatic carbocycles. The molecular weight excluding hydrogens is 408 g/mol. The standard InChI is InChI=1S/C25H27ClN4O/c1-19(29-15-13-25(18-27,14-16-29)20-9-5-3-6-10-20)24-22(26)17-23(31)30(28(24)2)21-11-7-4-8-12-21/h3-12,19H,13-17H2,1-2H3. The molecule has 0 N–H and O–H groups in total. The number of likely N-dealkylation sites (N-methyl/N-ethyl adjacent to an activating group) is 1. The van der Waals surface area contributed by atoms with Crippen molar-refractivity contribution >= 4 is 23.2 Å². The summed E-state index contributed by atoms with van der Waals surface area (Å²) >= 11 is 6.63. The van der Waals surface area contributed by atoms with E-state index in [-0.39, 0.29) is 18.4 Å². The van der Waals surface area contributed by atoms with Crippen LogP contribution in [0.15, 0.2) is 71.4 Å². The number of halogens is 1. The number of amides is 1. The largest absolute Gasteiger partial charge is 0.295 e. The number of anilines is 1. The number of benzene rings is 2. The molecule has 1 saturated heterocycles. The average Bonchev–Trinajstić information content (AvgIpc) is 2.80. The van der Waals surface area contributed by atoms with Crippen LogP contribution in [-0.2, 0) is 10.2 Å². The Balaban J connectivity index is 1.54. The first kappa shape index (κ1) is 21.4. The van der Waals surface area contributed by atoms with Crippen molar-refractivity contribution in [3.8, 4) is 6.07 Å². The molecule has 1 atom stereocenters. The predicted octanol–water partition coefficient (Wildman–Crippen LogP) is 4.67. The molecule has 4 rings (SSSR count). The van der Waals surface area contributed by atoms with Gasteiger partial charge in [-0.2, -0.15) is 5.26 Å². The van der Waals surface area contributed by atoms with Gasteiger partial charge in [0.15, 0.2) is 0 Å². The second kappa shape index (κ2) is 8.74. The Bertz CT molecular complexity index is 1010. The smallest absolute Gasteiger partial charge is 0.251 e. The van der Waals surface area contributed by atoms with E-state index in [1.807, 2.05) is 60.6 Å². The summed E-state index contributed by atoms with van der Waals surface area (Å²) in [5.74, 6) is -0.0409. The topological polar surface area (TPSA) is 50.6 Å². The quantitative estimate of drug-likeness (QED) is 0.701. The molecular formula is C25H27ClN4O. The number of rotatable bonds is 4. The molecule has 1 unspecified atom stereocenters. The van der Waals surface area contributed by atoms with Crippen molar-refractivity contribution in [1.82, 2.24) is 9.91 Å². The summed E-state index contributed by atoms with van der Waals surface area (Å²) in [6, 6.07) is 22.4. The summed E-state index contributed by atoms with van der Waals surface area (Å²) < 4.78 is 0. The van der Waals surface area contributed by atoms with Crippen LogP contribution in [0.25, 0.3) is 0 Å². The Labute approximate surface area is 189 Å². The first-order valence-corrected chi connectivity index (χ1v) is 11.1. The zero-order valence-electron chi connectivity index (χ0n) is 18.0. The molecule has 2 aliphatic rings. The summed E-state index contributed by atoms with van der Waals surface area (Å²) in [5, 5.41) is 14.2. The number of piperidine rings is 1. The van der Waals surface area contributed by atoms with Crippen LogP contribution in [0.1, 0.15) is 31.7 Å². The number of hydrogen-bond donors (Lipinski definition) is 0. The zero-order valence-corrected chi connectivity index (χ0v) is 18.7. The highest BCUT2D eigenvalue weighted by Gasteiger charge is 2.40. The van der Waals surface area contributed by atoms with E-state index in [2.05, 4.69) is 30.0 Å². The summed E-state index contributed by atoms with van der Waals surface area (Å²) in [4.78, 5) is 15.1. The Hall–Kier alpha value is -2.81. The van der Waals surface area contributed by atoms with E-state index < -0.39 is 5.41 Å². The summed E-state index contributed by atoms with van der Waals surface area (Å²) in [5.41, 5.74) is 2.42. The van der Waals surface area contributed by atoms with Crippen LogP contribution in [0.4, 0.5) is 5.69 Å². The molecule has 1 amide bonds. The molecule has 5 nitrogen and oxygen atoms in total. The number of likely N-dealkylation sites (tertiary alicyclic amines) is 1. The van der Waals surface area contributed by atoms with Crippen LogP contribution < -0.4 is 5.01 Å². The monoisotopic (exact) mass is 434 g/mol. The lowest BCUT2D eigenvalue weighted by molar-refractivity contribution is -0.121. The number of nitrogens with zero attached hydrogens (tertiary/aromatic N) is 4. The van der Waals surface area contributed by atoms with Crippen LogP contribution in [0, 0.1) is 11.3 Å². The average molecular weight is 435 g/mol. The molecule has 31 heavy (non-hydrogen) atoms. The molecule has 0 spiro atoms. The molecule has 0 aromatic heterocycles. The van der Waals surface area contributed by atoms with E-state index in [9.17, 15) is 10.1 Å². The van der Waals surface area contributed by atoms with E-state index in [1.165, 1.54) is 0 Å². The van der Waals surface area contributed by atoms with E-state index in [4.69, 9.17) is 11.6 Å². The maximum atomic E-state index is 12.8. The molecule has 2 aromatic carbocycles. The Morgan fingerprint density at radius 3 is 2.19 bits per heavy atom. The van der Waals surface area contributed by atoms with Gasteiger partial charge in [0.25, 0.3) is 5.91 Å². The maximum absolute atomic E-state index is 12.8. The fourth-order valence-corrected chi connectivity index (χ4v) is 5.21. The van der Waals surface area contributed by atoms with Gasteiger partial charge in [0.2, 0.25) is 0 Å². The van der Waals surface area contributed by atoms with Crippen molar-refractivity contribution in [2.45, 2.75) is 37.6 Å². The number of hydrazine groups is 1. The van der Waals surface area contributed by atoms with Crippen LogP contribution in [0.3, 0.4) is 0 Å². The minimum absolute atomic E-state index is 0.0317. The molecule has 1 fully saturated rings. The molecule has 6 heteroatoms. The van der Waals surface area contributed by atoms with Gasteiger partial charge >= 0.3 is 0 Å². The Morgan fingerprint density at radius 1 is 1.03 bits per heavy atom. The number of para-hydroxylation sites is 1. The highest BCUT2D eigenvalue weighted by atomic mass is 35.5. The lowest BCUT2D eigenvalue weighted by Gasteiger charge is -2.46. The highest BCUT2D eigenvalue weighted by Crippen LogP contribution is 2.38. The lowest BCUT2D eigenvalue weighted by atomic mass is 9.74. The first-order valence-electron chi connectivity index (χ1n) is 10.7. The van der Waals surface area contributed by atoms with Gasteiger partial charge in [-0.15, -0.1) is 0 Å². The van der Waals surface area contributed by atoms with Crippen molar-refractivity contribution < 1.29 is 4.79 Å². The molecule has 2 aromatic rings. The molecule has 160 valence electrons. The second-order valence-corrected chi connectivity index (χ2v) is 8.76. The molecule has 0 bridgehead atoms. The van der Waals surface area contributed by atoms with Crippen molar-refractivity contribution in [2.24, 2.45) is 0 Å². The normalized spacial score (nSPS) is 20.5. The predicted molar refractivity (Wildman–Crippen MR) is 123 cm³/mol. The number of carbonyl (C=O) groups is 1. The maximum Gasteiger partial charge on any atom is 0.251 e. The molecule has 2 heterocycles. The Kier molecular flexibility index (Phi) is 6.04. The van der Waals surface area contributed by atoms with Gasteiger partial charge < -0.3 is 0 Å². The lowest BCUT2D eigenvalue weighted by Crippen LogP contribution is -2.54. The van der Waals surface area contributed by atoms with Gasteiger partial charge in [0.1, 0.15) is 0 Å². The van der Waals surface area contributed by atoms with Crippen molar-refractivity contribution in [3.05, 3.63) is 77.0 Å². The summed E-state index contributed by atoms with van der Waals surface area (Å²) in [6.45, 7) is 3.73. The SMILES string of the molecule is CC(C1=C(Cl)CC(=O)N(c2ccccc2)N1C)N1CCC(C#N)(c2ccccc2)CC1. The minimum atomic E-state index is -0.444. The molecule has 2 aliphatic heterocycles. The molecule has 0 saturated carbocycles. The van der Waals surface area contributed by atoms with Crippen molar-refractivity contribution in [2.75, 3.05) is 25.1 Å². The van der Waals surface area contributed by atoms with E-state index >= 15 is 0 Å². The van der Waals surface area contributed by atoms with Gasteiger partial charge in [0, 0.05) is 26.2 Å². The number of nitriles is 1. The van der Waals surface area contributed by atoms with Crippen LogP contribution in [0.5, 0.6) is 0 Å². The third-order valence-corrected chi connectivity index (χ3v) is 6.93. The van der Waals surface area contributed by atoms with Gasteiger partial charge in [-0.3, -0.25) is 14.7 Å². The van der Waals surface area contributed by atoms with Gasteiger partial charge in [-0.25, -0.2) is 5.01 Å². The Morgan fingerprint density at radius 2 is 1.61 bits per heavy atom. The molecule has 0 radical (unpaired) electrons. The minimum Gasteiger partial charge on any atom is -0.295 e. The van der Waals surface area contributed by atoms with Crippen LogP contribution in [-0.4, -0.2) is 42.0 Å². The third kappa shape index (κ3) is 3.94.